The minimum atomic E-state index is 0.169. The van der Waals surface area contributed by atoms with Gasteiger partial charge >= 0.3 is 0 Å². The van der Waals surface area contributed by atoms with Crippen LogP contribution in [0.3, 0.4) is 0 Å². The molecule has 0 radical (unpaired) electrons. The maximum absolute atomic E-state index is 9.45. The smallest absolute Gasteiger partial charge is 0.222 e. The second kappa shape index (κ2) is 4.74. The highest BCUT2D eigenvalue weighted by Gasteiger charge is 2.02. The quantitative estimate of drug-likeness (QED) is 0.882. The van der Waals surface area contributed by atoms with Gasteiger partial charge in [0.2, 0.25) is 11.8 Å². The predicted octanol–water partition coefficient (Wildman–Crippen LogP) is 2.90. The lowest BCUT2D eigenvalue weighted by Gasteiger charge is -2.07. The van der Waals surface area contributed by atoms with Crippen molar-refractivity contribution in [1.29, 1.82) is 0 Å². The van der Waals surface area contributed by atoms with E-state index in [1.54, 1.807) is 31.4 Å². The molecule has 2 aromatic rings. The maximum Gasteiger partial charge on any atom is 0.222 e. The molecule has 0 saturated carbocycles. The molecular formula is C13H13NO3. The van der Waals surface area contributed by atoms with Gasteiger partial charge in [-0.2, -0.15) is 4.98 Å². The van der Waals surface area contributed by atoms with Gasteiger partial charge in [0.05, 0.1) is 7.11 Å². The van der Waals surface area contributed by atoms with E-state index in [0.29, 0.717) is 17.5 Å². The van der Waals surface area contributed by atoms with Crippen LogP contribution >= 0.6 is 0 Å². The van der Waals surface area contributed by atoms with Crippen molar-refractivity contribution in [2.24, 2.45) is 0 Å². The molecule has 88 valence electrons. The average molecular weight is 231 g/mol. The Morgan fingerprint density at radius 1 is 1.12 bits per heavy atom. The number of benzene rings is 1. The monoisotopic (exact) mass is 231 g/mol. The third kappa shape index (κ3) is 2.87. The topological polar surface area (TPSA) is 51.6 Å². The summed E-state index contributed by atoms with van der Waals surface area (Å²) in [4.78, 5) is 4.12. The summed E-state index contributed by atoms with van der Waals surface area (Å²) in [6, 6.07) is 10.3. The first-order valence-electron chi connectivity index (χ1n) is 5.17. The van der Waals surface area contributed by atoms with E-state index < -0.39 is 0 Å². The third-order valence-electron chi connectivity index (χ3n) is 2.17. The first-order valence-corrected chi connectivity index (χ1v) is 5.17. The van der Waals surface area contributed by atoms with E-state index in [1.807, 2.05) is 13.0 Å². The molecule has 0 saturated heterocycles. The van der Waals surface area contributed by atoms with Crippen LogP contribution in [0.1, 0.15) is 5.56 Å². The van der Waals surface area contributed by atoms with Gasteiger partial charge < -0.3 is 14.6 Å². The van der Waals surface area contributed by atoms with Gasteiger partial charge in [0.15, 0.2) is 0 Å². The number of aryl methyl sites for hydroxylation is 1. The minimum Gasteiger partial charge on any atom is -0.508 e. The minimum absolute atomic E-state index is 0.169. The fraction of sp³-hybridized carbons (Fsp3) is 0.154. The first kappa shape index (κ1) is 11.3. The van der Waals surface area contributed by atoms with Gasteiger partial charge in [-0.25, -0.2) is 0 Å². The number of nitrogens with zero attached hydrogens (tertiary/aromatic N) is 1. The second-order valence-electron chi connectivity index (χ2n) is 3.62. The van der Waals surface area contributed by atoms with Crippen molar-refractivity contribution in [1.82, 2.24) is 4.98 Å². The van der Waals surface area contributed by atoms with Crippen molar-refractivity contribution >= 4 is 0 Å². The largest absolute Gasteiger partial charge is 0.508 e. The lowest BCUT2D eigenvalue weighted by Crippen LogP contribution is -1.91. The molecule has 0 fully saturated rings. The Morgan fingerprint density at radius 3 is 2.59 bits per heavy atom. The molecule has 0 aliphatic heterocycles. The highest BCUT2D eigenvalue weighted by atomic mass is 16.5. The van der Waals surface area contributed by atoms with E-state index in [9.17, 15) is 5.11 Å². The molecular weight excluding hydrogens is 218 g/mol. The number of rotatable bonds is 3. The van der Waals surface area contributed by atoms with Gasteiger partial charge in [0.1, 0.15) is 11.5 Å². The summed E-state index contributed by atoms with van der Waals surface area (Å²) in [6.45, 7) is 1.88. The fourth-order valence-electron chi connectivity index (χ4n) is 1.47. The number of ether oxygens (including phenoxy) is 2. The van der Waals surface area contributed by atoms with Crippen LogP contribution in [0, 0.1) is 6.92 Å². The molecule has 0 unspecified atom stereocenters. The molecule has 0 aliphatic rings. The number of methoxy groups -OCH3 is 1. The molecule has 1 heterocycles. The Morgan fingerprint density at radius 2 is 1.88 bits per heavy atom. The number of aromatic nitrogens is 1. The van der Waals surface area contributed by atoms with Gasteiger partial charge in [-0.15, -0.1) is 0 Å². The molecule has 0 amide bonds. The van der Waals surface area contributed by atoms with Gasteiger partial charge in [0.25, 0.3) is 0 Å². The van der Waals surface area contributed by atoms with Crippen molar-refractivity contribution in [2.45, 2.75) is 6.92 Å². The molecule has 1 aromatic carbocycles. The Labute approximate surface area is 99.5 Å². The van der Waals surface area contributed by atoms with Crippen LogP contribution in [0.5, 0.6) is 23.3 Å². The van der Waals surface area contributed by atoms with E-state index in [-0.39, 0.29) is 5.75 Å². The van der Waals surface area contributed by atoms with E-state index in [0.717, 1.165) is 5.56 Å². The average Bonchev–Trinajstić information content (AvgIpc) is 2.28. The fourth-order valence-corrected chi connectivity index (χ4v) is 1.47. The molecule has 2 rings (SSSR count). The summed E-state index contributed by atoms with van der Waals surface area (Å²) in [5.74, 6) is 1.62. The van der Waals surface area contributed by atoms with Crippen LogP contribution < -0.4 is 9.47 Å². The summed E-state index contributed by atoms with van der Waals surface area (Å²) in [7, 11) is 1.55. The van der Waals surface area contributed by atoms with Crippen molar-refractivity contribution in [3.63, 3.8) is 0 Å². The highest BCUT2D eigenvalue weighted by Crippen LogP contribution is 2.26. The van der Waals surface area contributed by atoms with Gasteiger partial charge in [-0.05, 0) is 24.6 Å². The molecule has 0 atom stereocenters. The normalized spacial score (nSPS) is 10.0. The van der Waals surface area contributed by atoms with Crippen LogP contribution in [-0.2, 0) is 0 Å². The number of hydrogen-bond donors (Lipinski definition) is 1. The summed E-state index contributed by atoms with van der Waals surface area (Å²) >= 11 is 0. The van der Waals surface area contributed by atoms with E-state index >= 15 is 0 Å². The summed E-state index contributed by atoms with van der Waals surface area (Å²) < 4.78 is 10.5. The van der Waals surface area contributed by atoms with Crippen LogP contribution in [-0.4, -0.2) is 17.2 Å². The lowest BCUT2D eigenvalue weighted by atomic mass is 10.2. The zero-order valence-electron chi connectivity index (χ0n) is 9.68. The number of aromatic hydroxyl groups is 1. The molecule has 0 aliphatic carbocycles. The number of phenols is 1. The standard InChI is InChI=1S/C13H13NO3/c1-9-6-10(15)8-11(7-9)17-13-5-3-4-12(14-13)16-2/h3-8,15H,1-2H3. The molecule has 0 bridgehead atoms. The molecule has 4 heteroatoms. The highest BCUT2D eigenvalue weighted by molar-refractivity contribution is 5.38. The molecule has 0 spiro atoms. The molecule has 4 nitrogen and oxygen atoms in total. The molecule has 1 aromatic heterocycles. The Hall–Kier alpha value is -2.23. The molecule has 17 heavy (non-hydrogen) atoms. The zero-order chi connectivity index (χ0) is 12.3. The van der Waals surface area contributed by atoms with Gasteiger partial charge in [-0.1, -0.05) is 6.07 Å². The van der Waals surface area contributed by atoms with E-state index in [4.69, 9.17) is 9.47 Å². The second-order valence-corrected chi connectivity index (χ2v) is 3.62. The number of hydrogen-bond acceptors (Lipinski definition) is 4. The van der Waals surface area contributed by atoms with Crippen molar-refractivity contribution in [2.75, 3.05) is 7.11 Å². The van der Waals surface area contributed by atoms with Crippen molar-refractivity contribution in [3.8, 4) is 23.3 Å². The lowest BCUT2D eigenvalue weighted by molar-refractivity contribution is 0.382. The van der Waals surface area contributed by atoms with Gasteiger partial charge in [0, 0.05) is 18.2 Å². The van der Waals surface area contributed by atoms with Crippen molar-refractivity contribution in [3.05, 3.63) is 42.0 Å². The Bertz CT molecular complexity index is 506. The van der Waals surface area contributed by atoms with E-state index in [2.05, 4.69) is 4.98 Å². The number of phenolic OH excluding ortho intramolecular Hbond substituents is 1. The van der Waals surface area contributed by atoms with Crippen LogP contribution in [0.4, 0.5) is 0 Å². The summed E-state index contributed by atoms with van der Waals surface area (Å²) in [6.07, 6.45) is 0. The van der Waals surface area contributed by atoms with Crippen LogP contribution in [0.15, 0.2) is 36.4 Å². The number of pyridine rings is 1. The SMILES string of the molecule is COc1cccc(Oc2cc(C)cc(O)c2)n1. The van der Waals surface area contributed by atoms with Crippen LogP contribution in [0.2, 0.25) is 0 Å². The summed E-state index contributed by atoms with van der Waals surface area (Å²) in [5.41, 5.74) is 0.919. The molecule has 1 N–H and O–H groups in total. The van der Waals surface area contributed by atoms with Gasteiger partial charge in [-0.3, -0.25) is 0 Å². The summed E-state index contributed by atoms with van der Waals surface area (Å²) in [5, 5.41) is 9.45. The zero-order valence-corrected chi connectivity index (χ0v) is 9.68. The van der Waals surface area contributed by atoms with Crippen LogP contribution in [0.25, 0.3) is 0 Å². The van der Waals surface area contributed by atoms with E-state index in [1.165, 1.54) is 6.07 Å². The van der Waals surface area contributed by atoms with Crippen molar-refractivity contribution < 1.29 is 14.6 Å². The third-order valence-corrected chi connectivity index (χ3v) is 2.17. The predicted molar refractivity (Wildman–Crippen MR) is 63.7 cm³/mol. The first-order chi connectivity index (χ1) is 8.17. The Kier molecular flexibility index (Phi) is 3.14. The Balaban J connectivity index is 2.24. The maximum atomic E-state index is 9.45.